The maximum atomic E-state index is 11.2. The fourth-order valence-corrected chi connectivity index (χ4v) is 6.75. The van der Waals surface area contributed by atoms with Crippen LogP contribution in [0.25, 0.3) is 0 Å². The highest BCUT2D eigenvalue weighted by Gasteiger charge is 2.44. The molecule has 5 nitrogen and oxygen atoms in total. The van der Waals surface area contributed by atoms with Gasteiger partial charge in [-0.1, -0.05) is 89.6 Å². The van der Waals surface area contributed by atoms with E-state index in [1.54, 1.807) is 0 Å². The molecule has 0 spiro atoms. The Labute approximate surface area is 233 Å². The van der Waals surface area contributed by atoms with E-state index in [0.717, 1.165) is 76.4 Å². The van der Waals surface area contributed by atoms with Crippen molar-refractivity contribution in [3.05, 3.63) is 42.0 Å². The highest BCUT2D eigenvalue weighted by molar-refractivity contribution is 6.74. The van der Waals surface area contributed by atoms with Crippen LogP contribution in [0.1, 0.15) is 105 Å². The highest BCUT2D eigenvalue weighted by Crippen LogP contribution is 2.49. The van der Waals surface area contributed by atoms with Gasteiger partial charge < -0.3 is 19.4 Å². The van der Waals surface area contributed by atoms with Crippen LogP contribution in [0.3, 0.4) is 0 Å². The van der Waals surface area contributed by atoms with Crippen molar-refractivity contribution in [1.82, 2.24) is 0 Å². The molecule has 2 rings (SSSR count). The number of carboxylic acids is 1. The monoisotopic (exact) mass is 546 g/mol. The molecular weight excluding hydrogens is 492 g/mol. The van der Waals surface area contributed by atoms with Crippen LogP contribution in [0, 0.1) is 5.41 Å². The fraction of sp³-hybridized carbons (Fsp3) is 0.719. The number of rotatable bonds is 18. The van der Waals surface area contributed by atoms with Gasteiger partial charge in [-0.25, -0.2) is 0 Å². The zero-order valence-corrected chi connectivity index (χ0v) is 25.9. The first-order valence-electron chi connectivity index (χ1n) is 14.9. The van der Waals surface area contributed by atoms with Crippen LogP contribution in [0.4, 0.5) is 0 Å². The van der Waals surface area contributed by atoms with Crippen LogP contribution in [0.2, 0.25) is 18.1 Å². The van der Waals surface area contributed by atoms with Crippen molar-refractivity contribution >= 4 is 14.3 Å². The van der Waals surface area contributed by atoms with Gasteiger partial charge in [-0.05, 0) is 68.8 Å². The third kappa shape index (κ3) is 9.84. The van der Waals surface area contributed by atoms with Gasteiger partial charge in [0.25, 0.3) is 0 Å². The van der Waals surface area contributed by atoms with E-state index in [-0.39, 0.29) is 29.1 Å². The molecule has 0 heterocycles. The van der Waals surface area contributed by atoms with E-state index in [2.05, 4.69) is 46.9 Å². The first-order chi connectivity index (χ1) is 17.9. The number of hydrogen-bond donors (Lipinski definition) is 2. The molecule has 1 aromatic rings. The van der Waals surface area contributed by atoms with Crippen molar-refractivity contribution in [3.8, 4) is 5.75 Å². The van der Waals surface area contributed by atoms with E-state index in [4.69, 9.17) is 14.3 Å². The third-order valence-corrected chi connectivity index (χ3v) is 13.3. The molecule has 1 aromatic carbocycles. The molecule has 38 heavy (non-hydrogen) atoms. The number of ether oxygens (including phenoxy) is 1. The van der Waals surface area contributed by atoms with Crippen LogP contribution in [-0.2, 0) is 9.22 Å². The number of unbranched alkanes of at least 4 members (excludes halogenated alkanes) is 4. The van der Waals surface area contributed by atoms with Gasteiger partial charge in [-0.2, -0.15) is 0 Å². The Morgan fingerprint density at radius 2 is 1.74 bits per heavy atom. The summed E-state index contributed by atoms with van der Waals surface area (Å²) < 4.78 is 13.1. The van der Waals surface area contributed by atoms with Crippen molar-refractivity contribution < 1.29 is 24.2 Å². The van der Waals surface area contributed by atoms with Crippen molar-refractivity contribution in [2.24, 2.45) is 5.41 Å². The normalized spacial score (nSPS) is 20.8. The number of aliphatic carboxylic acids is 1. The lowest BCUT2D eigenvalue weighted by molar-refractivity contribution is -0.137. The summed E-state index contributed by atoms with van der Waals surface area (Å²) in [6.45, 7) is 14.2. The lowest BCUT2D eigenvalue weighted by Crippen LogP contribution is -2.45. The number of aliphatic hydroxyl groups is 1. The summed E-state index contributed by atoms with van der Waals surface area (Å²) in [5.74, 6) is 0.151. The molecule has 0 amide bonds. The zero-order chi connectivity index (χ0) is 28.2. The van der Waals surface area contributed by atoms with Crippen LogP contribution >= 0.6 is 0 Å². The number of aliphatic hydroxyl groups excluding tert-OH is 1. The predicted molar refractivity (Wildman–Crippen MR) is 159 cm³/mol. The summed E-state index contributed by atoms with van der Waals surface area (Å²) in [7, 11) is -1.99. The van der Waals surface area contributed by atoms with Crippen molar-refractivity contribution in [3.63, 3.8) is 0 Å². The van der Waals surface area contributed by atoms with E-state index in [9.17, 15) is 9.90 Å². The largest absolute Gasteiger partial charge is 0.491 e. The second-order valence-electron chi connectivity index (χ2n) is 12.7. The minimum absolute atomic E-state index is 0.00497. The van der Waals surface area contributed by atoms with Crippen LogP contribution in [0.5, 0.6) is 5.75 Å². The topological polar surface area (TPSA) is 76.0 Å². The molecular formula is C32H54O5Si. The second-order valence-corrected chi connectivity index (χ2v) is 17.5. The Bertz CT molecular complexity index is 860. The molecule has 1 aliphatic rings. The number of para-hydroxylation sites is 1. The molecule has 0 aromatic heterocycles. The SMILES string of the molecule is CCCC[C@@]1(CCCCCCC(=O)O)C(CC[C@@H](COc2ccccc2)O[Si](C)(C)C(C)(C)C)=CC[C@@H]1O. The van der Waals surface area contributed by atoms with Gasteiger partial charge >= 0.3 is 5.97 Å². The smallest absolute Gasteiger partial charge is 0.303 e. The molecule has 216 valence electrons. The standard InChI is InChI=1S/C32H54O5Si/c1-7-8-23-32(24-15-10-9-14-18-30(34)35)26(20-22-29(32)33)19-21-28(37-38(5,6)31(2,3)4)25-36-27-16-12-11-13-17-27/h11-13,16-17,20,28-29,33H,7-10,14-15,18-19,21-25H2,1-6H3,(H,34,35)/t28-,29-,32+/m0/s1. The van der Waals surface area contributed by atoms with Gasteiger partial charge in [0.2, 0.25) is 0 Å². The lowest BCUT2D eigenvalue weighted by Gasteiger charge is -2.40. The Morgan fingerprint density at radius 3 is 2.37 bits per heavy atom. The zero-order valence-electron chi connectivity index (χ0n) is 24.9. The van der Waals surface area contributed by atoms with Crippen molar-refractivity contribution in [2.45, 2.75) is 135 Å². The second kappa shape index (κ2) is 15.2. The Hall–Kier alpha value is -1.63. The summed E-state index contributed by atoms with van der Waals surface area (Å²) in [5, 5.41) is 20.3. The molecule has 0 aliphatic heterocycles. The maximum absolute atomic E-state index is 11.2. The Balaban J connectivity index is 2.11. The van der Waals surface area contributed by atoms with Crippen LogP contribution in [-0.4, -0.2) is 43.3 Å². The average Bonchev–Trinajstić information content (AvgIpc) is 3.16. The summed E-state index contributed by atoms with van der Waals surface area (Å²) >= 11 is 0. The van der Waals surface area contributed by atoms with E-state index < -0.39 is 14.3 Å². The predicted octanol–water partition coefficient (Wildman–Crippen LogP) is 8.53. The molecule has 0 fully saturated rings. The molecule has 0 saturated heterocycles. The third-order valence-electron chi connectivity index (χ3n) is 8.79. The van der Waals surface area contributed by atoms with Crippen LogP contribution in [0.15, 0.2) is 42.0 Å². The lowest BCUT2D eigenvalue weighted by atomic mass is 9.70. The van der Waals surface area contributed by atoms with Gasteiger partial charge in [-0.15, -0.1) is 0 Å². The van der Waals surface area contributed by atoms with E-state index in [1.165, 1.54) is 5.57 Å². The number of carbonyl (C=O) groups is 1. The van der Waals surface area contributed by atoms with Gasteiger partial charge in [0.05, 0.1) is 12.2 Å². The van der Waals surface area contributed by atoms with Crippen LogP contribution < -0.4 is 4.74 Å². The fourth-order valence-electron chi connectivity index (χ4n) is 5.38. The summed E-state index contributed by atoms with van der Waals surface area (Å²) in [6.07, 6.45) is 12.6. The van der Waals surface area contributed by atoms with Gasteiger partial charge in [-0.3, -0.25) is 4.79 Å². The summed E-state index contributed by atoms with van der Waals surface area (Å²) in [5.41, 5.74) is 1.23. The number of hydrogen-bond acceptors (Lipinski definition) is 4. The Morgan fingerprint density at radius 1 is 1.08 bits per heavy atom. The molecule has 0 bridgehead atoms. The summed E-state index contributed by atoms with van der Waals surface area (Å²) in [6, 6.07) is 9.97. The van der Waals surface area contributed by atoms with Gasteiger partial charge in [0.1, 0.15) is 12.4 Å². The maximum Gasteiger partial charge on any atom is 0.303 e. The first kappa shape index (κ1) is 32.6. The highest BCUT2D eigenvalue weighted by atomic mass is 28.4. The Kier molecular flexibility index (Phi) is 13.1. The molecule has 0 radical (unpaired) electrons. The van der Waals surface area contributed by atoms with Gasteiger partial charge in [0, 0.05) is 11.8 Å². The molecule has 3 atom stereocenters. The van der Waals surface area contributed by atoms with E-state index >= 15 is 0 Å². The molecule has 6 heteroatoms. The van der Waals surface area contributed by atoms with E-state index in [0.29, 0.717) is 6.61 Å². The first-order valence-corrected chi connectivity index (χ1v) is 17.8. The minimum atomic E-state index is -1.99. The number of carboxylic acid groups (broad SMARTS) is 1. The quantitative estimate of drug-likeness (QED) is 0.110. The van der Waals surface area contributed by atoms with Gasteiger partial charge in [0.15, 0.2) is 8.32 Å². The van der Waals surface area contributed by atoms with Crippen molar-refractivity contribution in [2.75, 3.05) is 6.61 Å². The minimum Gasteiger partial charge on any atom is -0.491 e. The number of benzene rings is 1. The summed E-state index contributed by atoms with van der Waals surface area (Å²) in [4.78, 5) is 10.8. The average molecular weight is 547 g/mol. The molecule has 1 aliphatic carbocycles. The molecule has 0 saturated carbocycles. The van der Waals surface area contributed by atoms with Crippen molar-refractivity contribution in [1.29, 1.82) is 0 Å². The van der Waals surface area contributed by atoms with E-state index in [1.807, 2.05) is 30.3 Å². The molecule has 0 unspecified atom stereocenters. The molecule has 2 N–H and O–H groups in total.